The minimum absolute atomic E-state index is 0.159. The summed E-state index contributed by atoms with van der Waals surface area (Å²) in [6.07, 6.45) is 0. The highest BCUT2D eigenvalue weighted by Gasteiger charge is 2.13. The number of nitrogens with zero attached hydrogens (tertiary/aromatic N) is 2. The Bertz CT molecular complexity index is 1140. The van der Waals surface area contributed by atoms with Gasteiger partial charge in [0.05, 0.1) is 11.2 Å². The van der Waals surface area contributed by atoms with Crippen molar-refractivity contribution in [2.75, 3.05) is 11.9 Å². The predicted octanol–water partition coefficient (Wildman–Crippen LogP) is 4.15. The highest BCUT2D eigenvalue weighted by Crippen LogP contribution is 2.24. The lowest BCUT2D eigenvalue weighted by molar-refractivity contribution is -0.119. The Balaban J connectivity index is 1.35. The van der Waals surface area contributed by atoms with Crippen LogP contribution < -0.4 is 5.32 Å². The second-order valence-electron chi connectivity index (χ2n) is 5.92. The topological polar surface area (TPSA) is 81.2 Å². The fourth-order valence-electron chi connectivity index (χ4n) is 2.61. The second-order valence-corrected chi connectivity index (χ2v) is 6.78. The van der Waals surface area contributed by atoms with Crippen LogP contribution in [-0.2, 0) is 9.53 Å². The van der Waals surface area contributed by atoms with Crippen LogP contribution in [0.5, 0.6) is 0 Å². The van der Waals surface area contributed by atoms with Crippen molar-refractivity contribution < 1.29 is 14.3 Å². The van der Waals surface area contributed by atoms with Gasteiger partial charge in [0.25, 0.3) is 5.91 Å². The average molecular weight is 389 g/mol. The van der Waals surface area contributed by atoms with Crippen molar-refractivity contribution >= 4 is 39.2 Å². The number of carbonyl (C=O) groups excluding carboxylic acids is 2. The van der Waals surface area contributed by atoms with E-state index in [4.69, 9.17) is 4.74 Å². The maximum absolute atomic E-state index is 12.2. The van der Waals surface area contributed by atoms with E-state index in [0.717, 1.165) is 16.6 Å². The Hall–Kier alpha value is -3.58. The molecule has 0 saturated heterocycles. The van der Waals surface area contributed by atoms with Crippen LogP contribution in [0.25, 0.3) is 22.2 Å². The zero-order valence-electron chi connectivity index (χ0n) is 14.7. The van der Waals surface area contributed by atoms with E-state index >= 15 is 0 Å². The van der Waals surface area contributed by atoms with Crippen LogP contribution in [0.4, 0.5) is 5.13 Å². The molecule has 0 spiro atoms. The number of hydrogen-bond donors (Lipinski definition) is 1. The van der Waals surface area contributed by atoms with E-state index in [1.807, 2.05) is 60.0 Å². The summed E-state index contributed by atoms with van der Waals surface area (Å²) in [6, 6.07) is 20.5. The lowest BCUT2D eigenvalue weighted by atomic mass is 10.2. The van der Waals surface area contributed by atoms with Crippen molar-refractivity contribution in [1.82, 2.24) is 9.97 Å². The number of ether oxygens (including phenoxy) is 1. The highest BCUT2D eigenvalue weighted by molar-refractivity contribution is 7.14. The third-order valence-corrected chi connectivity index (χ3v) is 4.72. The quantitative estimate of drug-likeness (QED) is 0.519. The molecule has 0 unspecified atom stereocenters. The van der Waals surface area contributed by atoms with Crippen LogP contribution in [0, 0.1) is 0 Å². The SMILES string of the molecule is O=C(COC(=O)c1ccc2ccccc2n1)Nc1nc(-c2ccccc2)cs1. The fraction of sp³-hybridized carbons (Fsp3) is 0.0476. The van der Waals surface area contributed by atoms with Crippen molar-refractivity contribution in [3.63, 3.8) is 0 Å². The molecule has 7 heteroatoms. The maximum Gasteiger partial charge on any atom is 0.357 e. The molecule has 0 radical (unpaired) electrons. The summed E-state index contributed by atoms with van der Waals surface area (Å²) in [5.41, 5.74) is 2.59. The molecular weight excluding hydrogens is 374 g/mol. The molecule has 0 bridgehead atoms. The number of aromatic nitrogens is 2. The number of fused-ring (bicyclic) bond motifs is 1. The van der Waals surface area contributed by atoms with Gasteiger partial charge in [-0.2, -0.15) is 0 Å². The summed E-state index contributed by atoms with van der Waals surface area (Å²) in [5, 5.41) is 5.87. The number of thiazole rings is 1. The van der Waals surface area contributed by atoms with Crippen LogP contribution in [-0.4, -0.2) is 28.5 Å². The molecule has 1 N–H and O–H groups in total. The van der Waals surface area contributed by atoms with E-state index in [1.165, 1.54) is 11.3 Å². The average Bonchev–Trinajstić information content (AvgIpc) is 3.20. The van der Waals surface area contributed by atoms with Crippen molar-refractivity contribution in [1.29, 1.82) is 0 Å². The summed E-state index contributed by atoms with van der Waals surface area (Å²) in [4.78, 5) is 32.9. The first kappa shape index (κ1) is 17.8. The lowest BCUT2D eigenvalue weighted by Gasteiger charge is -2.05. The molecule has 0 aliphatic rings. The van der Waals surface area contributed by atoms with Gasteiger partial charge in [0.1, 0.15) is 5.69 Å². The highest BCUT2D eigenvalue weighted by atomic mass is 32.1. The van der Waals surface area contributed by atoms with Gasteiger partial charge in [-0.25, -0.2) is 14.8 Å². The van der Waals surface area contributed by atoms with Crippen molar-refractivity contribution in [2.45, 2.75) is 0 Å². The van der Waals surface area contributed by atoms with Crippen LogP contribution in [0.15, 0.2) is 72.1 Å². The number of amides is 1. The zero-order valence-corrected chi connectivity index (χ0v) is 15.5. The number of hydrogen-bond acceptors (Lipinski definition) is 6. The van der Waals surface area contributed by atoms with Gasteiger partial charge in [0.15, 0.2) is 11.7 Å². The fourth-order valence-corrected chi connectivity index (χ4v) is 3.35. The summed E-state index contributed by atoms with van der Waals surface area (Å²) >= 11 is 1.31. The van der Waals surface area contributed by atoms with Gasteiger partial charge in [-0.15, -0.1) is 11.3 Å². The number of nitrogens with one attached hydrogen (secondary N) is 1. The van der Waals surface area contributed by atoms with Crippen LogP contribution in [0.2, 0.25) is 0 Å². The number of pyridine rings is 1. The Kier molecular flexibility index (Phi) is 5.07. The molecule has 0 fully saturated rings. The standard InChI is InChI=1S/C21H15N3O3S/c25-19(24-21-23-18(13-28-21)14-6-2-1-3-7-14)12-27-20(26)17-11-10-15-8-4-5-9-16(15)22-17/h1-11,13H,12H2,(H,23,24,25). The first-order valence-electron chi connectivity index (χ1n) is 8.53. The molecule has 2 heterocycles. The van der Waals surface area contributed by atoms with E-state index in [9.17, 15) is 9.59 Å². The number of esters is 1. The van der Waals surface area contributed by atoms with Crippen LogP contribution in [0.1, 0.15) is 10.5 Å². The van der Waals surface area contributed by atoms with Gasteiger partial charge in [0.2, 0.25) is 0 Å². The Morgan fingerprint density at radius 3 is 2.57 bits per heavy atom. The van der Waals surface area contributed by atoms with Gasteiger partial charge in [-0.1, -0.05) is 54.6 Å². The minimum atomic E-state index is -0.648. The normalized spacial score (nSPS) is 10.6. The van der Waals surface area contributed by atoms with Gasteiger partial charge in [-0.05, 0) is 12.1 Å². The molecule has 2 aromatic carbocycles. The van der Waals surface area contributed by atoms with Gasteiger partial charge in [0, 0.05) is 16.3 Å². The van der Waals surface area contributed by atoms with Gasteiger partial charge in [-0.3, -0.25) is 10.1 Å². The Labute approximate surface area is 164 Å². The minimum Gasteiger partial charge on any atom is -0.451 e. The van der Waals surface area contributed by atoms with E-state index in [0.29, 0.717) is 10.6 Å². The summed E-state index contributed by atoms with van der Waals surface area (Å²) in [6.45, 7) is -0.409. The molecule has 2 aromatic heterocycles. The molecule has 0 saturated carbocycles. The maximum atomic E-state index is 12.2. The first-order valence-corrected chi connectivity index (χ1v) is 9.41. The van der Waals surface area contributed by atoms with E-state index in [-0.39, 0.29) is 5.69 Å². The van der Waals surface area contributed by atoms with E-state index in [1.54, 1.807) is 12.1 Å². The molecule has 0 aliphatic heterocycles. The number of carbonyl (C=O) groups is 2. The second kappa shape index (κ2) is 7.98. The third kappa shape index (κ3) is 4.05. The number of anilines is 1. The number of para-hydroxylation sites is 1. The third-order valence-electron chi connectivity index (χ3n) is 3.96. The first-order chi connectivity index (χ1) is 13.7. The molecule has 4 rings (SSSR count). The largest absolute Gasteiger partial charge is 0.451 e. The Morgan fingerprint density at radius 1 is 0.929 bits per heavy atom. The molecular formula is C21H15N3O3S. The number of rotatable bonds is 5. The van der Waals surface area contributed by atoms with Crippen molar-refractivity contribution in [2.24, 2.45) is 0 Å². The van der Waals surface area contributed by atoms with Crippen LogP contribution in [0.3, 0.4) is 0 Å². The monoisotopic (exact) mass is 389 g/mol. The van der Waals surface area contributed by atoms with Crippen LogP contribution >= 0.6 is 11.3 Å². The Morgan fingerprint density at radius 2 is 1.71 bits per heavy atom. The van der Waals surface area contributed by atoms with Gasteiger partial charge < -0.3 is 4.74 Å². The predicted molar refractivity (Wildman–Crippen MR) is 108 cm³/mol. The molecule has 0 aliphatic carbocycles. The van der Waals surface area contributed by atoms with Gasteiger partial charge >= 0.3 is 5.97 Å². The molecule has 138 valence electrons. The van der Waals surface area contributed by atoms with E-state index < -0.39 is 18.5 Å². The molecule has 0 atom stereocenters. The summed E-state index contributed by atoms with van der Waals surface area (Å²) < 4.78 is 5.07. The molecule has 28 heavy (non-hydrogen) atoms. The summed E-state index contributed by atoms with van der Waals surface area (Å²) in [5.74, 6) is -1.10. The number of benzene rings is 2. The lowest BCUT2D eigenvalue weighted by Crippen LogP contribution is -2.21. The van der Waals surface area contributed by atoms with E-state index in [2.05, 4.69) is 15.3 Å². The molecule has 1 amide bonds. The zero-order chi connectivity index (χ0) is 19.3. The summed E-state index contributed by atoms with van der Waals surface area (Å²) in [7, 11) is 0. The smallest absolute Gasteiger partial charge is 0.357 e. The molecule has 6 nitrogen and oxygen atoms in total. The van der Waals surface area contributed by atoms with Crippen molar-refractivity contribution in [3.8, 4) is 11.3 Å². The van der Waals surface area contributed by atoms with Crippen molar-refractivity contribution in [3.05, 3.63) is 77.8 Å². The molecule has 4 aromatic rings.